The summed E-state index contributed by atoms with van der Waals surface area (Å²) in [6.07, 6.45) is 4.93. The quantitative estimate of drug-likeness (QED) is 0.681. The number of hydrogen-bond donors (Lipinski definition) is 1. The lowest BCUT2D eigenvalue weighted by molar-refractivity contribution is 0.834. The number of aromatic nitrogens is 2. The van der Waals surface area contributed by atoms with Crippen molar-refractivity contribution in [1.29, 1.82) is 5.41 Å². The fourth-order valence-corrected chi connectivity index (χ4v) is 3.20. The van der Waals surface area contributed by atoms with Crippen LogP contribution in [0.15, 0.2) is 42.7 Å². The van der Waals surface area contributed by atoms with Gasteiger partial charge in [0.1, 0.15) is 11.3 Å². The summed E-state index contributed by atoms with van der Waals surface area (Å²) in [6.45, 7) is 2.16. The number of benzene rings is 1. The zero-order chi connectivity index (χ0) is 13.9. The Kier molecular flexibility index (Phi) is 3.65. The summed E-state index contributed by atoms with van der Waals surface area (Å²) >= 11 is 1.66. The molecule has 1 N–H and O–H groups in total. The molecule has 0 atom stereocenters. The van der Waals surface area contributed by atoms with Gasteiger partial charge in [-0.05, 0) is 37.1 Å². The van der Waals surface area contributed by atoms with Crippen LogP contribution < -0.4 is 0 Å². The maximum Gasteiger partial charge on any atom is 0.101 e. The molecule has 2 aromatic heterocycles. The zero-order valence-electron chi connectivity index (χ0n) is 11.5. The van der Waals surface area contributed by atoms with E-state index in [0.717, 1.165) is 45.9 Å². The lowest BCUT2D eigenvalue weighted by Gasteiger charge is -2.00. The fraction of sp³-hybridized carbons (Fsp3) is 0.250. The molecule has 102 valence electrons. The Hall–Kier alpha value is -1.94. The normalized spacial score (nSPS) is 11.1. The van der Waals surface area contributed by atoms with E-state index in [1.165, 1.54) is 0 Å². The number of fused-ring (bicyclic) bond motifs is 1. The van der Waals surface area contributed by atoms with Gasteiger partial charge in [-0.3, -0.25) is 4.57 Å². The van der Waals surface area contributed by atoms with Gasteiger partial charge in [0, 0.05) is 10.6 Å². The standard InChI is InChI=1S/C16H17N3S/c1-2-3-6-12(17)15-9-10-16(20-15)19-11-18-13-7-4-5-8-14(13)19/h4-5,7-11,17H,2-3,6H2,1H3. The Balaban J connectivity index is 1.92. The van der Waals surface area contributed by atoms with Crippen LogP contribution in [0.25, 0.3) is 16.0 Å². The van der Waals surface area contributed by atoms with Crippen LogP contribution >= 0.6 is 11.3 Å². The summed E-state index contributed by atoms with van der Waals surface area (Å²) in [7, 11) is 0. The van der Waals surface area contributed by atoms with Crippen molar-refractivity contribution in [3.8, 4) is 5.00 Å². The van der Waals surface area contributed by atoms with E-state index in [0.29, 0.717) is 0 Å². The molecule has 3 rings (SSSR count). The fourth-order valence-electron chi connectivity index (χ4n) is 2.23. The van der Waals surface area contributed by atoms with Gasteiger partial charge in [0.2, 0.25) is 0 Å². The number of rotatable bonds is 5. The van der Waals surface area contributed by atoms with Gasteiger partial charge in [-0.25, -0.2) is 4.98 Å². The second-order valence-corrected chi connectivity index (χ2v) is 5.89. The summed E-state index contributed by atoms with van der Waals surface area (Å²) in [4.78, 5) is 5.48. The third-order valence-electron chi connectivity index (χ3n) is 3.36. The van der Waals surface area contributed by atoms with Crippen molar-refractivity contribution in [3.05, 3.63) is 47.6 Å². The van der Waals surface area contributed by atoms with Gasteiger partial charge < -0.3 is 5.41 Å². The van der Waals surface area contributed by atoms with Crippen LogP contribution in [0, 0.1) is 5.41 Å². The van der Waals surface area contributed by atoms with E-state index in [4.69, 9.17) is 5.41 Å². The molecule has 4 heteroatoms. The van der Waals surface area contributed by atoms with E-state index in [2.05, 4.69) is 28.6 Å². The molecular formula is C16H17N3S. The molecule has 0 radical (unpaired) electrons. The number of nitrogens with one attached hydrogen (secondary N) is 1. The molecule has 3 aromatic rings. The van der Waals surface area contributed by atoms with Crippen molar-refractivity contribution in [1.82, 2.24) is 9.55 Å². The van der Waals surface area contributed by atoms with Gasteiger partial charge in [0.05, 0.1) is 11.0 Å². The molecule has 0 aliphatic carbocycles. The number of unbranched alkanes of at least 4 members (excludes halogenated alkanes) is 1. The van der Waals surface area contributed by atoms with E-state index in [1.807, 2.05) is 30.6 Å². The monoisotopic (exact) mass is 283 g/mol. The first-order valence-corrected chi connectivity index (χ1v) is 7.71. The van der Waals surface area contributed by atoms with Gasteiger partial charge in [-0.1, -0.05) is 25.5 Å². The van der Waals surface area contributed by atoms with Gasteiger partial charge in [-0.2, -0.15) is 0 Å². The summed E-state index contributed by atoms with van der Waals surface area (Å²) in [5.41, 5.74) is 2.86. The second kappa shape index (κ2) is 5.59. The molecule has 0 aliphatic heterocycles. The lowest BCUT2D eigenvalue weighted by atomic mass is 10.1. The highest BCUT2D eigenvalue weighted by Crippen LogP contribution is 2.25. The first-order valence-electron chi connectivity index (χ1n) is 6.89. The lowest BCUT2D eigenvalue weighted by Crippen LogP contribution is -1.94. The van der Waals surface area contributed by atoms with Gasteiger partial charge in [0.25, 0.3) is 0 Å². The molecule has 0 amide bonds. The highest BCUT2D eigenvalue weighted by Gasteiger charge is 2.09. The highest BCUT2D eigenvalue weighted by atomic mass is 32.1. The molecule has 0 bridgehead atoms. The Morgan fingerprint density at radius 3 is 2.95 bits per heavy atom. The molecule has 20 heavy (non-hydrogen) atoms. The van der Waals surface area contributed by atoms with Crippen LogP contribution in [0.3, 0.4) is 0 Å². The van der Waals surface area contributed by atoms with Crippen molar-refractivity contribution in [2.45, 2.75) is 26.2 Å². The third-order valence-corrected chi connectivity index (χ3v) is 4.50. The molecule has 0 unspecified atom stereocenters. The van der Waals surface area contributed by atoms with Crippen LogP contribution in [-0.2, 0) is 0 Å². The van der Waals surface area contributed by atoms with Gasteiger partial charge >= 0.3 is 0 Å². The van der Waals surface area contributed by atoms with E-state index >= 15 is 0 Å². The maximum atomic E-state index is 8.12. The van der Waals surface area contributed by atoms with E-state index < -0.39 is 0 Å². The molecule has 0 saturated heterocycles. The number of para-hydroxylation sites is 2. The van der Waals surface area contributed by atoms with Crippen molar-refractivity contribution in [2.75, 3.05) is 0 Å². The second-order valence-electron chi connectivity index (χ2n) is 4.82. The Morgan fingerprint density at radius 2 is 2.10 bits per heavy atom. The Morgan fingerprint density at radius 1 is 1.25 bits per heavy atom. The topological polar surface area (TPSA) is 41.7 Å². The van der Waals surface area contributed by atoms with Crippen LogP contribution in [0.2, 0.25) is 0 Å². The molecule has 2 heterocycles. The minimum atomic E-state index is 0.743. The number of hydrogen-bond acceptors (Lipinski definition) is 3. The third kappa shape index (κ3) is 2.39. The SMILES string of the molecule is CCCCC(=N)c1ccc(-n2cnc3ccccc32)s1. The van der Waals surface area contributed by atoms with E-state index in [1.54, 1.807) is 11.3 Å². The summed E-state index contributed by atoms with van der Waals surface area (Å²) < 4.78 is 2.09. The first kappa shape index (κ1) is 13.1. The van der Waals surface area contributed by atoms with Crippen molar-refractivity contribution in [2.24, 2.45) is 0 Å². The van der Waals surface area contributed by atoms with Crippen molar-refractivity contribution >= 4 is 28.1 Å². The molecule has 0 aliphatic rings. The van der Waals surface area contributed by atoms with E-state index in [9.17, 15) is 0 Å². The van der Waals surface area contributed by atoms with Crippen molar-refractivity contribution in [3.63, 3.8) is 0 Å². The zero-order valence-corrected chi connectivity index (χ0v) is 12.3. The average Bonchev–Trinajstić information content (AvgIpc) is 3.10. The number of imidazole rings is 1. The predicted octanol–water partition coefficient (Wildman–Crippen LogP) is 4.65. The van der Waals surface area contributed by atoms with Crippen LogP contribution in [-0.4, -0.2) is 15.3 Å². The van der Waals surface area contributed by atoms with Crippen LogP contribution in [0.1, 0.15) is 31.1 Å². The van der Waals surface area contributed by atoms with E-state index in [-0.39, 0.29) is 0 Å². The minimum absolute atomic E-state index is 0.743. The Bertz CT molecular complexity index is 739. The number of thiophene rings is 1. The first-order chi connectivity index (χ1) is 9.79. The summed E-state index contributed by atoms with van der Waals surface area (Å²) in [6, 6.07) is 12.2. The molecule has 0 spiro atoms. The molecular weight excluding hydrogens is 266 g/mol. The minimum Gasteiger partial charge on any atom is -0.304 e. The van der Waals surface area contributed by atoms with Crippen molar-refractivity contribution < 1.29 is 0 Å². The number of nitrogens with zero attached hydrogens (tertiary/aromatic N) is 2. The maximum absolute atomic E-state index is 8.12. The van der Waals surface area contributed by atoms with Crippen LogP contribution in [0.4, 0.5) is 0 Å². The molecule has 0 fully saturated rings. The predicted molar refractivity (Wildman–Crippen MR) is 85.3 cm³/mol. The highest BCUT2D eigenvalue weighted by molar-refractivity contribution is 7.16. The molecule has 0 saturated carbocycles. The summed E-state index contributed by atoms with van der Waals surface area (Å²) in [5, 5.41) is 9.24. The molecule has 3 nitrogen and oxygen atoms in total. The largest absolute Gasteiger partial charge is 0.304 e. The van der Waals surface area contributed by atoms with Crippen LogP contribution in [0.5, 0.6) is 0 Å². The summed E-state index contributed by atoms with van der Waals surface area (Å²) in [5.74, 6) is 0. The molecule has 1 aromatic carbocycles. The van der Waals surface area contributed by atoms with Gasteiger partial charge in [0.15, 0.2) is 0 Å². The van der Waals surface area contributed by atoms with Gasteiger partial charge in [-0.15, -0.1) is 11.3 Å². The Labute approximate surface area is 122 Å². The average molecular weight is 283 g/mol. The smallest absolute Gasteiger partial charge is 0.101 e.